The summed E-state index contributed by atoms with van der Waals surface area (Å²) in [6.07, 6.45) is 1.37. The number of carbonyl (C=O) groups excluding carboxylic acids is 1. The summed E-state index contributed by atoms with van der Waals surface area (Å²) in [5.41, 5.74) is 16.0. The second-order valence-electron chi connectivity index (χ2n) is 2.11. The summed E-state index contributed by atoms with van der Waals surface area (Å²) in [7, 11) is 0. The van der Waals surface area contributed by atoms with Crippen LogP contribution in [0, 0.1) is 0 Å². The quantitative estimate of drug-likeness (QED) is 0.484. The van der Waals surface area contributed by atoms with Crippen LogP contribution in [0.3, 0.4) is 0 Å². The van der Waals surface area contributed by atoms with Gasteiger partial charge in [0.25, 0.3) is 0 Å². The van der Waals surface area contributed by atoms with Crippen molar-refractivity contribution in [3.8, 4) is 0 Å². The fourth-order valence-electron chi connectivity index (χ4n) is 0.683. The third kappa shape index (κ3) is 1.40. The van der Waals surface area contributed by atoms with Gasteiger partial charge < -0.3 is 17.2 Å². The minimum Gasteiger partial charge on any atom is -0.394 e. The van der Waals surface area contributed by atoms with Crippen LogP contribution in [0.25, 0.3) is 0 Å². The fraction of sp³-hybridized carbons (Fsp3) is 0.200. The molecule has 0 fully saturated rings. The molecule has 0 saturated carbocycles. The molecule has 0 saturated heterocycles. The number of amides is 1. The number of carbonyl (C=O) groups is 1. The molecule has 6 N–H and O–H groups in total. The Hall–Kier alpha value is -1.72. The fourth-order valence-corrected chi connectivity index (χ4v) is 0.683. The molecule has 1 aromatic heterocycles. The molecule has 0 spiro atoms. The SMILES string of the molecule is NC(=O)Cn1ncc(N)c1N. The maximum atomic E-state index is 10.4. The van der Waals surface area contributed by atoms with Crippen molar-refractivity contribution >= 4 is 17.4 Å². The number of rotatable bonds is 2. The van der Waals surface area contributed by atoms with E-state index in [9.17, 15) is 4.79 Å². The van der Waals surface area contributed by atoms with E-state index in [0.717, 1.165) is 0 Å². The Morgan fingerprint density at radius 2 is 2.27 bits per heavy atom. The average Bonchev–Trinajstić information content (AvgIpc) is 2.18. The Morgan fingerprint density at radius 3 is 2.64 bits per heavy atom. The highest BCUT2D eigenvalue weighted by Gasteiger charge is 2.04. The zero-order valence-electron chi connectivity index (χ0n) is 5.82. The van der Waals surface area contributed by atoms with Gasteiger partial charge in [-0.05, 0) is 0 Å². The van der Waals surface area contributed by atoms with E-state index in [1.54, 1.807) is 0 Å². The minimum atomic E-state index is -0.500. The second kappa shape index (κ2) is 2.49. The molecule has 1 aromatic rings. The van der Waals surface area contributed by atoms with Crippen LogP contribution in [0.2, 0.25) is 0 Å². The topological polar surface area (TPSA) is 113 Å². The molecule has 0 aliphatic heterocycles. The maximum absolute atomic E-state index is 10.4. The van der Waals surface area contributed by atoms with Gasteiger partial charge in [0.1, 0.15) is 12.4 Å². The number of anilines is 2. The number of hydrogen-bond donors (Lipinski definition) is 3. The van der Waals surface area contributed by atoms with Gasteiger partial charge in [-0.3, -0.25) is 4.79 Å². The van der Waals surface area contributed by atoms with Crippen LogP contribution in [0.15, 0.2) is 6.20 Å². The van der Waals surface area contributed by atoms with Gasteiger partial charge in [0.2, 0.25) is 5.91 Å². The summed E-state index contributed by atoms with van der Waals surface area (Å²) in [4.78, 5) is 10.4. The van der Waals surface area contributed by atoms with Crippen molar-refractivity contribution in [3.63, 3.8) is 0 Å². The van der Waals surface area contributed by atoms with Crippen molar-refractivity contribution in [2.24, 2.45) is 5.73 Å². The summed E-state index contributed by atoms with van der Waals surface area (Å²) in [6.45, 7) is -0.0387. The first-order valence-corrected chi connectivity index (χ1v) is 2.96. The molecular weight excluding hydrogens is 146 g/mol. The lowest BCUT2D eigenvalue weighted by atomic mass is 10.5. The normalized spacial score (nSPS) is 9.82. The highest BCUT2D eigenvalue weighted by atomic mass is 16.1. The zero-order chi connectivity index (χ0) is 8.43. The Balaban J connectivity index is 2.87. The second-order valence-corrected chi connectivity index (χ2v) is 2.11. The highest BCUT2D eigenvalue weighted by Crippen LogP contribution is 2.11. The van der Waals surface area contributed by atoms with E-state index >= 15 is 0 Å². The van der Waals surface area contributed by atoms with E-state index in [0.29, 0.717) is 5.69 Å². The van der Waals surface area contributed by atoms with Crippen LogP contribution in [0.5, 0.6) is 0 Å². The summed E-state index contributed by atoms with van der Waals surface area (Å²) in [5.74, 6) is -0.233. The lowest BCUT2D eigenvalue weighted by molar-refractivity contribution is -0.118. The lowest BCUT2D eigenvalue weighted by Crippen LogP contribution is -2.20. The van der Waals surface area contributed by atoms with Gasteiger partial charge in [0.05, 0.1) is 11.9 Å². The number of aromatic nitrogens is 2. The first-order valence-electron chi connectivity index (χ1n) is 2.96. The molecule has 1 heterocycles. The van der Waals surface area contributed by atoms with Gasteiger partial charge >= 0.3 is 0 Å². The lowest BCUT2D eigenvalue weighted by Gasteiger charge is -1.98. The standard InChI is InChI=1S/C5H9N5O/c6-3-1-9-10(5(3)8)2-4(7)11/h1H,2,6,8H2,(H2,7,11). The Labute approximate surface area is 62.9 Å². The van der Waals surface area contributed by atoms with Crippen LogP contribution in [0.1, 0.15) is 0 Å². The predicted molar refractivity (Wildman–Crippen MR) is 40.2 cm³/mol. The average molecular weight is 155 g/mol. The number of primary amides is 1. The van der Waals surface area contributed by atoms with Crippen molar-refractivity contribution < 1.29 is 4.79 Å². The zero-order valence-corrected chi connectivity index (χ0v) is 5.82. The Kier molecular flexibility index (Phi) is 1.67. The van der Waals surface area contributed by atoms with E-state index in [1.807, 2.05) is 0 Å². The largest absolute Gasteiger partial charge is 0.394 e. The molecule has 0 aliphatic rings. The molecule has 60 valence electrons. The van der Waals surface area contributed by atoms with Gasteiger partial charge in [-0.25, -0.2) is 4.68 Å². The first kappa shape index (κ1) is 7.39. The van der Waals surface area contributed by atoms with E-state index in [1.165, 1.54) is 10.9 Å². The van der Waals surface area contributed by atoms with Crippen LogP contribution >= 0.6 is 0 Å². The Morgan fingerprint density at radius 1 is 1.64 bits per heavy atom. The van der Waals surface area contributed by atoms with Gasteiger partial charge in [0, 0.05) is 0 Å². The number of nitrogen functional groups attached to an aromatic ring is 2. The molecule has 0 atom stereocenters. The van der Waals surface area contributed by atoms with Crippen LogP contribution in [-0.4, -0.2) is 15.7 Å². The summed E-state index contributed by atoms with van der Waals surface area (Å²) < 4.78 is 1.25. The molecule has 0 bridgehead atoms. The molecular formula is C5H9N5O. The third-order valence-corrected chi connectivity index (χ3v) is 1.22. The van der Waals surface area contributed by atoms with Crippen LogP contribution in [0.4, 0.5) is 11.5 Å². The van der Waals surface area contributed by atoms with Crippen molar-refractivity contribution in [1.29, 1.82) is 0 Å². The first-order chi connectivity index (χ1) is 5.11. The summed E-state index contributed by atoms with van der Waals surface area (Å²) >= 11 is 0. The number of nitrogens with two attached hydrogens (primary N) is 3. The molecule has 6 nitrogen and oxygen atoms in total. The smallest absolute Gasteiger partial charge is 0.239 e. The van der Waals surface area contributed by atoms with Crippen molar-refractivity contribution in [3.05, 3.63) is 6.20 Å². The van der Waals surface area contributed by atoms with E-state index in [2.05, 4.69) is 5.10 Å². The Bertz CT molecular complexity index is 278. The van der Waals surface area contributed by atoms with E-state index in [4.69, 9.17) is 17.2 Å². The minimum absolute atomic E-state index is 0.0387. The van der Waals surface area contributed by atoms with Gasteiger partial charge in [-0.2, -0.15) is 5.10 Å². The number of nitrogens with zero attached hydrogens (tertiary/aromatic N) is 2. The van der Waals surface area contributed by atoms with Crippen molar-refractivity contribution in [2.75, 3.05) is 11.5 Å². The predicted octanol–water partition coefficient (Wildman–Crippen LogP) is -1.47. The maximum Gasteiger partial charge on any atom is 0.239 e. The monoisotopic (exact) mass is 155 g/mol. The summed E-state index contributed by atoms with van der Waals surface area (Å²) in [6, 6.07) is 0. The molecule has 0 radical (unpaired) electrons. The molecule has 1 amide bonds. The highest BCUT2D eigenvalue weighted by molar-refractivity contribution is 5.74. The molecule has 0 unspecified atom stereocenters. The third-order valence-electron chi connectivity index (χ3n) is 1.22. The molecule has 1 rings (SSSR count). The van der Waals surface area contributed by atoms with Gasteiger partial charge in [0.15, 0.2) is 0 Å². The summed E-state index contributed by atoms with van der Waals surface area (Å²) in [5, 5.41) is 3.72. The van der Waals surface area contributed by atoms with E-state index < -0.39 is 5.91 Å². The molecule has 11 heavy (non-hydrogen) atoms. The van der Waals surface area contributed by atoms with Gasteiger partial charge in [-0.1, -0.05) is 0 Å². The van der Waals surface area contributed by atoms with Crippen molar-refractivity contribution in [2.45, 2.75) is 6.54 Å². The number of hydrogen-bond acceptors (Lipinski definition) is 4. The molecule has 0 aliphatic carbocycles. The van der Waals surface area contributed by atoms with Crippen molar-refractivity contribution in [1.82, 2.24) is 9.78 Å². The van der Waals surface area contributed by atoms with Crippen LogP contribution < -0.4 is 17.2 Å². The molecule has 0 aromatic carbocycles. The van der Waals surface area contributed by atoms with E-state index in [-0.39, 0.29) is 12.4 Å². The van der Waals surface area contributed by atoms with Gasteiger partial charge in [-0.15, -0.1) is 0 Å². The van der Waals surface area contributed by atoms with Crippen LogP contribution in [-0.2, 0) is 11.3 Å². The molecule has 6 heteroatoms.